The summed E-state index contributed by atoms with van der Waals surface area (Å²) in [6.45, 7) is 23.9. The van der Waals surface area contributed by atoms with E-state index < -0.39 is 40.5 Å². The Kier molecular flexibility index (Phi) is 12.8. The minimum absolute atomic E-state index is 0.0349. The average molecular weight is 766 g/mol. The van der Waals surface area contributed by atoms with E-state index in [1.807, 2.05) is 48.5 Å². The van der Waals surface area contributed by atoms with Crippen molar-refractivity contribution in [2.75, 3.05) is 13.1 Å². The van der Waals surface area contributed by atoms with Crippen molar-refractivity contribution in [1.82, 2.24) is 15.1 Å². The van der Waals surface area contributed by atoms with Crippen molar-refractivity contribution in [3.8, 4) is 0 Å². The van der Waals surface area contributed by atoms with Gasteiger partial charge in [0.2, 0.25) is 17.6 Å². The molecule has 0 bridgehead atoms. The van der Waals surface area contributed by atoms with Crippen LogP contribution in [0.1, 0.15) is 172 Å². The van der Waals surface area contributed by atoms with E-state index in [0.29, 0.717) is 25.8 Å². The van der Waals surface area contributed by atoms with E-state index in [2.05, 4.69) is 37.9 Å². The summed E-state index contributed by atoms with van der Waals surface area (Å²) in [5.74, 6) is -2.51. The number of hydrogen-bond acceptors (Lipinski definition) is 7. The van der Waals surface area contributed by atoms with Crippen molar-refractivity contribution >= 4 is 34.9 Å². The topological polar surface area (TPSA) is 121 Å². The van der Waals surface area contributed by atoms with E-state index in [1.165, 1.54) is 0 Å². The fourth-order valence-corrected chi connectivity index (χ4v) is 11.6. The number of Topliss-reactive ketones (excluding diaryl/α,β-unsaturated/α-hetero) is 4. The van der Waals surface area contributed by atoms with Crippen LogP contribution in [-0.4, -0.2) is 82.0 Å². The van der Waals surface area contributed by atoms with Gasteiger partial charge >= 0.3 is 0 Å². The fraction of sp³-hybridized carbons (Fsp3) is 0.870. The predicted octanol–water partition coefficient (Wildman–Crippen LogP) is 7.90. The Morgan fingerprint density at radius 2 is 1.45 bits per heavy atom. The molecule has 5 aliphatic rings. The highest BCUT2D eigenvalue weighted by Gasteiger charge is 2.85. The van der Waals surface area contributed by atoms with E-state index in [1.54, 1.807) is 4.90 Å². The van der Waals surface area contributed by atoms with Crippen LogP contribution in [0.5, 0.6) is 0 Å². The first kappa shape index (κ1) is 43.7. The van der Waals surface area contributed by atoms with Crippen LogP contribution in [0.3, 0.4) is 0 Å². The molecular formula is C46H75N3O6. The second-order valence-electron chi connectivity index (χ2n) is 21.5. The smallest absolute Gasteiger partial charge is 0.237 e. The van der Waals surface area contributed by atoms with Crippen molar-refractivity contribution in [3.63, 3.8) is 0 Å². The van der Waals surface area contributed by atoms with Crippen LogP contribution in [0.2, 0.25) is 0 Å². The molecule has 2 amide bonds. The number of likely N-dealkylation sites (tertiary alicyclic amines) is 2. The summed E-state index contributed by atoms with van der Waals surface area (Å²) < 4.78 is 0. The maximum absolute atomic E-state index is 15.2. The minimum atomic E-state index is -0.783. The lowest BCUT2D eigenvalue weighted by Crippen LogP contribution is -2.58. The maximum Gasteiger partial charge on any atom is 0.237 e. The quantitative estimate of drug-likeness (QED) is 0.159. The molecule has 5 fully saturated rings. The molecule has 2 aliphatic heterocycles. The van der Waals surface area contributed by atoms with Gasteiger partial charge in [-0.1, -0.05) is 88.0 Å². The van der Waals surface area contributed by atoms with Crippen molar-refractivity contribution in [3.05, 3.63) is 0 Å². The maximum atomic E-state index is 15.2. The molecule has 2 spiro atoms. The Balaban J connectivity index is 1.40. The number of nitrogens with one attached hydrogen (secondary N) is 1. The average Bonchev–Trinajstić information content (AvgIpc) is 3.27. The first-order valence-corrected chi connectivity index (χ1v) is 22.0. The van der Waals surface area contributed by atoms with Crippen molar-refractivity contribution < 1.29 is 28.8 Å². The molecule has 5 rings (SSSR count). The van der Waals surface area contributed by atoms with Gasteiger partial charge in [-0.2, -0.15) is 0 Å². The fourth-order valence-electron chi connectivity index (χ4n) is 11.6. The summed E-state index contributed by atoms with van der Waals surface area (Å²) in [6.07, 6.45) is 11.0. The first-order chi connectivity index (χ1) is 25.5. The Hall–Kier alpha value is -2.42. The van der Waals surface area contributed by atoms with Crippen LogP contribution in [0.25, 0.3) is 0 Å². The number of hydrogen-bond donors (Lipinski definition) is 1. The van der Waals surface area contributed by atoms with Gasteiger partial charge in [-0.05, 0) is 99.3 Å². The van der Waals surface area contributed by atoms with Gasteiger partial charge in [-0.25, -0.2) is 0 Å². The van der Waals surface area contributed by atoms with Crippen LogP contribution in [0.15, 0.2) is 0 Å². The molecule has 6 atom stereocenters. The Labute approximate surface area is 332 Å². The highest BCUT2D eigenvalue weighted by molar-refractivity contribution is 6.38. The summed E-state index contributed by atoms with van der Waals surface area (Å²) in [5.41, 5.74) is -1.35. The molecule has 55 heavy (non-hydrogen) atoms. The molecule has 1 N–H and O–H groups in total. The van der Waals surface area contributed by atoms with E-state index in [0.717, 1.165) is 64.3 Å². The van der Waals surface area contributed by atoms with E-state index in [9.17, 15) is 24.0 Å². The molecule has 9 heteroatoms. The van der Waals surface area contributed by atoms with Crippen molar-refractivity contribution in [2.45, 2.75) is 197 Å². The normalized spacial score (nSPS) is 28.0. The second-order valence-corrected chi connectivity index (χ2v) is 21.5. The highest BCUT2D eigenvalue weighted by atomic mass is 16.2. The van der Waals surface area contributed by atoms with Gasteiger partial charge in [0.05, 0.1) is 18.1 Å². The van der Waals surface area contributed by atoms with Gasteiger partial charge in [0.25, 0.3) is 0 Å². The largest absolute Gasteiger partial charge is 0.344 e. The molecule has 310 valence electrons. The molecule has 3 saturated carbocycles. The van der Waals surface area contributed by atoms with E-state index >= 15 is 4.79 Å². The first-order valence-electron chi connectivity index (χ1n) is 22.0. The summed E-state index contributed by atoms with van der Waals surface area (Å²) >= 11 is 0. The van der Waals surface area contributed by atoms with Crippen LogP contribution in [0, 0.1) is 44.8 Å². The second kappa shape index (κ2) is 16.1. The number of amides is 2. The lowest BCUT2D eigenvalue weighted by atomic mass is 9.73. The number of nitrogens with zero attached hydrogens (tertiary/aromatic N) is 2. The predicted molar refractivity (Wildman–Crippen MR) is 216 cm³/mol. The third-order valence-electron chi connectivity index (χ3n) is 15.6. The third kappa shape index (κ3) is 8.17. The molecular weight excluding hydrogens is 691 g/mol. The van der Waals surface area contributed by atoms with Crippen LogP contribution in [0.4, 0.5) is 0 Å². The zero-order valence-electron chi connectivity index (χ0n) is 36.4. The van der Waals surface area contributed by atoms with Gasteiger partial charge in [0, 0.05) is 49.1 Å². The molecule has 0 unspecified atom stereocenters. The molecule has 2 heterocycles. The molecule has 2 saturated heterocycles. The molecule has 0 aromatic heterocycles. The summed E-state index contributed by atoms with van der Waals surface area (Å²) in [6, 6.07) is -1.57. The molecule has 0 aromatic rings. The SMILES string of the molecule is CCC[C@H](CC(=O)[C@@H]1C[C@@]2(CN1C(=O)[C@@H](CC(=O)[C@@H](NC(=O)[C@@H]1CCCCN1C(C)C)C(C)(C)C)C(C)(C)C)C(C)(C)C21CCC1)C(=O)C(=O)CC1CCC1. The van der Waals surface area contributed by atoms with Crippen molar-refractivity contribution in [1.29, 1.82) is 0 Å². The van der Waals surface area contributed by atoms with Gasteiger partial charge in [-0.3, -0.25) is 33.7 Å². The summed E-state index contributed by atoms with van der Waals surface area (Å²) in [5, 5.41) is 3.17. The summed E-state index contributed by atoms with van der Waals surface area (Å²) in [7, 11) is 0. The van der Waals surface area contributed by atoms with E-state index in [-0.39, 0.29) is 82.7 Å². The summed E-state index contributed by atoms with van der Waals surface area (Å²) in [4.78, 5) is 88.9. The molecule has 0 radical (unpaired) electrons. The van der Waals surface area contributed by atoms with Gasteiger partial charge < -0.3 is 10.2 Å². The zero-order chi connectivity index (χ0) is 40.9. The van der Waals surface area contributed by atoms with Gasteiger partial charge in [0.1, 0.15) is 0 Å². The number of ketones is 4. The van der Waals surface area contributed by atoms with Gasteiger partial charge in [0.15, 0.2) is 17.3 Å². The Morgan fingerprint density at radius 1 is 0.800 bits per heavy atom. The Morgan fingerprint density at radius 3 is 1.95 bits per heavy atom. The number of rotatable bonds is 16. The number of carbonyl (C=O) groups is 6. The molecule has 3 aliphatic carbocycles. The van der Waals surface area contributed by atoms with E-state index in [4.69, 9.17) is 0 Å². The number of piperidine rings is 1. The van der Waals surface area contributed by atoms with Crippen LogP contribution >= 0.6 is 0 Å². The van der Waals surface area contributed by atoms with Crippen LogP contribution in [-0.2, 0) is 28.8 Å². The number of fused-ring (bicyclic) bond motifs is 1. The molecule has 0 aromatic carbocycles. The monoisotopic (exact) mass is 766 g/mol. The van der Waals surface area contributed by atoms with Crippen LogP contribution < -0.4 is 5.32 Å². The van der Waals surface area contributed by atoms with Gasteiger partial charge in [-0.15, -0.1) is 0 Å². The lowest BCUT2D eigenvalue weighted by molar-refractivity contribution is -0.147. The molecule has 9 nitrogen and oxygen atoms in total. The van der Waals surface area contributed by atoms with Crippen molar-refractivity contribution in [2.24, 2.45) is 44.8 Å². The third-order valence-corrected chi connectivity index (χ3v) is 15.6. The Bertz CT molecular complexity index is 1490. The standard InChI is InChI=1S/C46H75N3O6/c1-12-17-31(38(53)36(51)24-30-18-15-19-30)25-35(50)34-27-46(44(10,11)45(46)21-16-22-45)28-49(34)41(55)32(42(4,5)6)26-37(52)39(43(7,8)9)47-40(54)33-20-13-14-23-48(33)29(2)3/h29-34,39H,12-28H2,1-11H3,(H,47,54)/t31-,32-,33+,34+,39-,46-/m1/s1. The highest BCUT2D eigenvalue weighted by Crippen LogP contribution is 2.88. The lowest BCUT2D eigenvalue weighted by Gasteiger charge is -2.40. The number of carbonyl (C=O) groups excluding carboxylic acids is 6. The minimum Gasteiger partial charge on any atom is -0.344 e. The zero-order valence-corrected chi connectivity index (χ0v) is 36.4.